The SMILES string of the molecule is COc1cc(N)cc(NCC2CCCCC2O)c1. The van der Waals surface area contributed by atoms with Gasteiger partial charge in [0.05, 0.1) is 13.2 Å². The molecule has 4 nitrogen and oxygen atoms in total. The number of rotatable bonds is 4. The van der Waals surface area contributed by atoms with Crippen molar-refractivity contribution in [1.29, 1.82) is 0 Å². The summed E-state index contributed by atoms with van der Waals surface area (Å²) in [6.07, 6.45) is 4.20. The lowest BCUT2D eigenvalue weighted by Gasteiger charge is -2.28. The van der Waals surface area contributed by atoms with Crippen LogP contribution in [0.25, 0.3) is 0 Å². The fourth-order valence-corrected chi connectivity index (χ4v) is 2.52. The zero-order valence-electron chi connectivity index (χ0n) is 10.9. The van der Waals surface area contributed by atoms with Crippen molar-refractivity contribution in [2.45, 2.75) is 31.8 Å². The predicted octanol–water partition coefficient (Wildman–Crippen LogP) is 2.24. The molecule has 1 aliphatic rings. The second-order valence-corrected chi connectivity index (χ2v) is 4.99. The third-order valence-electron chi connectivity index (χ3n) is 3.60. The number of aliphatic hydroxyl groups is 1. The maximum absolute atomic E-state index is 9.91. The molecular formula is C14H22N2O2. The summed E-state index contributed by atoms with van der Waals surface area (Å²) in [6, 6.07) is 5.60. The molecule has 100 valence electrons. The summed E-state index contributed by atoms with van der Waals surface area (Å²) in [5.74, 6) is 1.09. The molecule has 18 heavy (non-hydrogen) atoms. The molecule has 0 radical (unpaired) electrons. The highest BCUT2D eigenvalue weighted by Crippen LogP contribution is 2.26. The Hall–Kier alpha value is -1.42. The number of aliphatic hydroxyl groups excluding tert-OH is 1. The first-order chi connectivity index (χ1) is 8.69. The normalized spacial score (nSPS) is 23.7. The average Bonchev–Trinajstić information content (AvgIpc) is 2.37. The Morgan fingerprint density at radius 3 is 2.83 bits per heavy atom. The second-order valence-electron chi connectivity index (χ2n) is 4.99. The molecule has 4 N–H and O–H groups in total. The average molecular weight is 250 g/mol. The van der Waals surface area contributed by atoms with E-state index in [0.29, 0.717) is 11.6 Å². The molecule has 0 heterocycles. The van der Waals surface area contributed by atoms with Crippen LogP contribution >= 0.6 is 0 Å². The van der Waals surface area contributed by atoms with Crippen molar-refractivity contribution >= 4 is 11.4 Å². The summed E-state index contributed by atoms with van der Waals surface area (Å²) in [5, 5.41) is 13.3. The molecule has 4 heteroatoms. The molecule has 0 aliphatic heterocycles. The van der Waals surface area contributed by atoms with E-state index in [0.717, 1.165) is 37.2 Å². The first-order valence-electron chi connectivity index (χ1n) is 6.55. The van der Waals surface area contributed by atoms with Gasteiger partial charge in [0.25, 0.3) is 0 Å². The van der Waals surface area contributed by atoms with E-state index < -0.39 is 0 Å². The van der Waals surface area contributed by atoms with Gasteiger partial charge in [-0.2, -0.15) is 0 Å². The summed E-state index contributed by atoms with van der Waals surface area (Å²) < 4.78 is 5.18. The zero-order valence-corrected chi connectivity index (χ0v) is 10.9. The van der Waals surface area contributed by atoms with Crippen molar-refractivity contribution in [1.82, 2.24) is 0 Å². The second kappa shape index (κ2) is 5.96. The van der Waals surface area contributed by atoms with Crippen LogP contribution in [-0.2, 0) is 0 Å². The van der Waals surface area contributed by atoms with Gasteiger partial charge in [0.2, 0.25) is 0 Å². The van der Waals surface area contributed by atoms with Gasteiger partial charge in [-0.1, -0.05) is 12.8 Å². The van der Waals surface area contributed by atoms with Crippen LogP contribution in [0.1, 0.15) is 25.7 Å². The molecule has 0 saturated heterocycles. The topological polar surface area (TPSA) is 67.5 Å². The number of methoxy groups -OCH3 is 1. The molecule has 2 rings (SSSR count). The van der Waals surface area contributed by atoms with Crippen molar-refractivity contribution in [2.24, 2.45) is 5.92 Å². The van der Waals surface area contributed by atoms with Crippen LogP contribution in [0, 0.1) is 5.92 Å². The molecule has 0 bridgehead atoms. The number of hydrogen-bond acceptors (Lipinski definition) is 4. The monoisotopic (exact) mass is 250 g/mol. The Kier molecular flexibility index (Phi) is 4.31. The lowest BCUT2D eigenvalue weighted by atomic mass is 9.86. The number of hydrogen-bond donors (Lipinski definition) is 3. The molecule has 1 aromatic rings. The number of nitrogen functional groups attached to an aromatic ring is 1. The summed E-state index contributed by atoms with van der Waals surface area (Å²) in [6.45, 7) is 0.785. The first kappa shape index (κ1) is 13.0. The van der Waals surface area contributed by atoms with Crippen LogP contribution in [0.3, 0.4) is 0 Å². The molecule has 0 aromatic heterocycles. The summed E-state index contributed by atoms with van der Waals surface area (Å²) in [5.41, 5.74) is 7.43. The van der Waals surface area contributed by atoms with E-state index in [2.05, 4.69) is 5.32 Å². The highest BCUT2D eigenvalue weighted by atomic mass is 16.5. The van der Waals surface area contributed by atoms with Gasteiger partial charge >= 0.3 is 0 Å². The minimum Gasteiger partial charge on any atom is -0.497 e. The number of benzene rings is 1. The van der Waals surface area contributed by atoms with E-state index in [1.165, 1.54) is 6.42 Å². The summed E-state index contributed by atoms with van der Waals surface area (Å²) in [4.78, 5) is 0. The van der Waals surface area contributed by atoms with E-state index in [1.807, 2.05) is 12.1 Å². The minimum atomic E-state index is -0.172. The number of nitrogens with one attached hydrogen (secondary N) is 1. The van der Waals surface area contributed by atoms with Gasteiger partial charge < -0.3 is 20.9 Å². The van der Waals surface area contributed by atoms with E-state index in [-0.39, 0.29) is 6.10 Å². The maximum atomic E-state index is 9.91. The molecule has 1 aromatic carbocycles. The zero-order chi connectivity index (χ0) is 13.0. The van der Waals surface area contributed by atoms with Gasteiger partial charge in [-0.3, -0.25) is 0 Å². The van der Waals surface area contributed by atoms with Gasteiger partial charge in [-0.25, -0.2) is 0 Å². The Bertz CT molecular complexity index is 395. The Labute approximate surface area is 108 Å². The quantitative estimate of drug-likeness (QED) is 0.717. The predicted molar refractivity (Wildman–Crippen MR) is 73.9 cm³/mol. The van der Waals surface area contributed by atoms with Crippen molar-refractivity contribution in [3.8, 4) is 5.75 Å². The maximum Gasteiger partial charge on any atom is 0.122 e. The molecule has 0 spiro atoms. The lowest BCUT2D eigenvalue weighted by molar-refractivity contribution is 0.0763. The lowest BCUT2D eigenvalue weighted by Crippen LogP contribution is -2.30. The van der Waals surface area contributed by atoms with Crippen molar-refractivity contribution in [3.05, 3.63) is 18.2 Å². The molecule has 0 amide bonds. The number of ether oxygens (including phenoxy) is 1. The van der Waals surface area contributed by atoms with Crippen molar-refractivity contribution in [2.75, 3.05) is 24.7 Å². The van der Waals surface area contributed by atoms with Gasteiger partial charge in [0.1, 0.15) is 5.75 Å². The minimum absolute atomic E-state index is 0.172. The highest BCUT2D eigenvalue weighted by molar-refractivity contribution is 5.59. The summed E-state index contributed by atoms with van der Waals surface area (Å²) in [7, 11) is 1.63. The largest absolute Gasteiger partial charge is 0.497 e. The van der Waals surface area contributed by atoms with Crippen LogP contribution < -0.4 is 15.8 Å². The number of nitrogens with two attached hydrogens (primary N) is 1. The van der Waals surface area contributed by atoms with Gasteiger partial charge in [0.15, 0.2) is 0 Å². The Morgan fingerprint density at radius 2 is 2.11 bits per heavy atom. The molecular weight excluding hydrogens is 228 g/mol. The first-order valence-corrected chi connectivity index (χ1v) is 6.55. The van der Waals surface area contributed by atoms with E-state index in [9.17, 15) is 5.11 Å². The van der Waals surface area contributed by atoms with Crippen LogP contribution in [0.2, 0.25) is 0 Å². The van der Waals surface area contributed by atoms with Gasteiger partial charge in [0, 0.05) is 36.0 Å². The van der Waals surface area contributed by atoms with Crippen LogP contribution in [0.15, 0.2) is 18.2 Å². The fourth-order valence-electron chi connectivity index (χ4n) is 2.52. The molecule has 1 saturated carbocycles. The van der Waals surface area contributed by atoms with E-state index in [4.69, 9.17) is 10.5 Å². The van der Waals surface area contributed by atoms with Crippen LogP contribution in [-0.4, -0.2) is 24.9 Å². The van der Waals surface area contributed by atoms with Crippen LogP contribution in [0.5, 0.6) is 5.75 Å². The number of anilines is 2. The summed E-state index contributed by atoms with van der Waals surface area (Å²) >= 11 is 0. The molecule has 2 unspecified atom stereocenters. The molecule has 2 atom stereocenters. The smallest absolute Gasteiger partial charge is 0.122 e. The standard InChI is InChI=1S/C14H22N2O2/c1-18-13-7-11(15)6-12(8-13)16-9-10-4-2-3-5-14(10)17/h6-8,10,14,16-17H,2-5,9,15H2,1H3. The van der Waals surface area contributed by atoms with E-state index in [1.54, 1.807) is 13.2 Å². The third kappa shape index (κ3) is 3.29. The Morgan fingerprint density at radius 1 is 1.33 bits per heavy atom. The van der Waals surface area contributed by atoms with Crippen molar-refractivity contribution in [3.63, 3.8) is 0 Å². The van der Waals surface area contributed by atoms with E-state index >= 15 is 0 Å². The molecule has 1 fully saturated rings. The van der Waals surface area contributed by atoms with Gasteiger partial charge in [-0.15, -0.1) is 0 Å². The molecule has 1 aliphatic carbocycles. The fraction of sp³-hybridized carbons (Fsp3) is 0.571. The van der Waals surface area contributed by atoms with Crippen molar-refractivity contribution < 1.29 is 9.84 Å². The van der Waals surface area contributed by atoms with Crippen LogP contribution in [0.4, 0.5) is 11.4 Å². The Balaban J connectivity index is 1.94. The highest BCUT2D eigenvalue weighted by Gasteiger charge is 2.22. The third-order valence-corrected chi connectivity index (χ3v) is 3.60. The van der Waals surface area contributed by atoms with Gasteiger partial charge in [-0.05, 0) is 18.9 Å².